The zero-order chi connectivity index (χ0) is 36.0. The molecule has 1 aliphatic carbocycles. The molecule has 0 fully saturated rings. The maximum absolute atomic E-state index is 15.8. The van der Waals surface area contributed by atoms with E-state index < -0.39 is 47.5 Å². The third-order valence-electron chi connectivity index (χ3n) is 9.32. The summed E-state index contributed by atoms with van der Waals surface area (Å²) >= 11 is 4.80. The second-order valence-corrected chi connectivity index (χ2v) is 12.4. The van der Waals surface area contributed by atoms with Crippen molar-refractivity contribution in [3.05, 3.63) is 167 Å². The number of carbonyl (C=O) groups is 4. The summed E-state index contributed by atoms with van der Waals surface area (Å²) in [6, 6.07) is 42.9. The summed E-state index contributed by atoms with van der Waals surface area (Å²) in [6.45, 7) is -1.03. The maximum Gasteiger partial charge on any atom is 0.417 e. The molecule has 0 aliphatic heterocycles. The molecule has 5 aromatic rings. The fourth-order valence-corrected chi connectivity index (χ4v) is 7.51. The molecule has 0 radical (unpaired) electrons. The minimum atomic E-state index is -2.16. The van der Waals surface area contributed by atoms with Crippen molar-refractivity contribution in [1.82, 2.24) is 10.2 Å². The van der Waals surface area contributed by atoms with Crippen LogP contribution < -0.4 is 11.1 Å². The lowest BCUT2D eigenvalue weighted by Gasteiger charge is -2.46. The summed E-state index contributed by atoms with van der Waals surface area (Å²) in [7, 11) is 1.12. The van der Waals surface area contributed by atoms with Crippen LogP contribution in [0.15, 0.2) is 140 Å². The number of carbonyl (C=O) groups excluding carboxylic acids is 4. The molecule has 0 aromatic heterocycles. The zero-order valence-corrected chi connectivity index (χ0v) is 28.8. The van der Waals surface area contributed by atoms with Gasteiger partial charge in [-0.3, -0.25) is 9.59 Å². The Morgan fingerprint density at radius 1 is 0.706 bits per heavy atom. The maximum atomic E-state index is 15.8. The molecule has 3 amide bonds. The molecule has 0 bridgehead atoms. The van der Waals surface area contributed by atoms with Gasteiger partial charge in [0.25, 0.3) is 5.91 Å². The summed E-state index contributed by atoms with van der Waals surface area (Å²) in [5, 5.41) is 2.44. The number of nitrogens with one attached hydrogen (secondary N) is 1. The molecule has 0 spiro atoms. The molecule has 258 valence electrons. The number of hydrogen-bond acceptors (Lipinski definition) is 8. The second-order valence-electron chi connectivity index (χ2n) is 12.0. The number of hydrogen-bond donors (Lipinski definition) is 3. The number of nitrogens with two attached hydrogens (primary N) is 1. The zero-order valence-electron chi connectivity index (χ0n) is 27.9. The van der Waals surface area contributed by atoms with Gasteiger partial charge >= 0.3 is 12.1 Å². The highest BCUT2D eigenvalue weighted by molar-refractivity contribution is 7.80. The van der Waals surface area contributed by atoms with E-state index in [-0.39, 0.29) is 12.3 Å². The first kappa shape index (κ1) is 35.1. The smallest absolute Gasteiger partial charge is 0.417 e. The second kappa shape index (κ2) is 15.0. The molecule has 1 atom stereocenters. The standard InChI is InChI=1S/C41H37N3O6S/c1-49-39(48)44(36(46)26-43-35(45)25-42)40(27-51,37-33-23-13-11-21-31(33)32-22-12-14-24-34(32)37)38(47)50-41(28-15-5-2-6-16-28,29-17-7-3-8-18-29)30-19-9-4-10-20-30/h2-24,37,51H,25-27,42H2,1H3,(H,43,45)/t40-/m0/s1. The predicted octanol–water partition coefficient (Wildman–Crippen LogP) is 5.67. The average molecular weight is 700 g/mol. The van der Waals surface area contributed by atoms with E-state index in [4.69, 9.17) is 27.8 Å². The highest BCUT2D eigenvalue weighted by Gasteiger charge is 2.61. The predicted molar refractivity (Wildman–Crippen MR) is 197 cm³/mol. The number of thiol groups is 1. The van der Waals surface area contributed by atoms with E-state index in [0.717, 1.165) is 23.1 Å². The Morgan fingerprint density at radius 2 is 1.14 bits per heavy atom. The lowest BCUT2D eigenvalue weighted by molar-refractivity contribution is -0.170. The first-order valence-electron chi connectivity index (χ1n) is 16.4. The Balaban J connectivity index is 1.66. The Hall–Kier alpha value is -5.71. The molecule has 0 heterocycles. The molecular formula is C41H37N3O6S. The topological polar surface area (TPSA) is 128 Å². The fraction of sp³-hybridized carbons (Fsp3) is 0.171. The van der Waals surface area contributed by atoms with Crippen LogP contribution in [0.25, 0.3) is 11.1 Å². The molecule has 0 saturated carbocycles. The number of imide groups is 1. The Labute approximate surface area is 301 Å². The van der Waals surface area contributed by atoms with Gasteiger partial charge in [0, 0.05) is 28.4 Å². The summed E-state index contributed by atoms with van der Waals surface area (Å²) in [4.78, 5) is 57.2. The normalized spacial score (nSPS) is 13.2. The molecule has 6 rings (SSSR count). The van der Waals surface area contributed by atoms with Gasteiger partial charge in [0.1, 0.15) is 0 Å². The molecule has 3 N–H and O–H groups in total. The van der Waals surface area contributed by atoms with Crippen molar-refractivity contribution in [2.75, 3.05) is 26.0 Å². The highest BCUT2D eigenvalue weighted by Crippen LogP contribution is 2.53. The van der Waals surface area contributed by atoms with E-state index in [1.54, 1.807) is 0 Å². The number of ether oxygens (including phenoxy) is 2. The van der Waals surface area contributed by atoms with Crippen molar-refractivity contribution in [1.29, 1.82) is 0 Å². The number of esters is 1. The van der Waals surface area contributed by atoms with Crippen molar-refractivity contribution >= 4 is 36.5 Å². The van der Waals surface area contributed by atoms with Crippen LogP contribution in [0, 0.1) is 0 Å². The number of amides is 3. The Kier molecular flexibility index (Phi) is 10.4. The number of rotatable bonds is 11. The van der Waals surface area contributed by atoms with E-state index in [0.29, 0.717) is 27.8 Å². The molecule has 9 nitrogen and oxygen atoms in total. The SMILES string of the molecule is COC(=O)N(C(=O)CNC(=O)CN)[C@](CS)(C(=O)OC(c1ccccc1)(c1ccccc1)c1ccccc1)C1c2ccccc2-c2ccccc21. The van der Waals surface area contributed by atoms with Crippen LogP contribution in [0.2, 0.25) is 0 Å². The van der Waals surface area contributed by atoms with E-state index in [1.807, 2.05) is 140 Å². The van der Waals surface area contributed by atoms with E-state index >= 15 is 4.79 Å². The third kappa shape index (κ3) is 6.17. The van der Waals surface area contributed by atoms with Crippen LogP contribution in [-0.4, -0.2) is 60.3 Å². The largest absolute Gasteiger partial charge is 0.452 e. The minimum absolute atomic E-state index is 0.376. The summed E-state index contributed by atoms with van der Waals surface area (Å²) < 4.78 is 12.2. The van der Waals surface area contributed by atoms with Gasteiger partial charge in [0.05, 0.1) is 20.2 Å². The van der Waals surface area contributed by atoms with Gasteiger partial charge in [-0.15, -0.1) is 0 Å². The summed E-state index contributed by atoms with van der Waals surface area (Å²) in [6.07, 6.45) is -1.13. The summed E-state index contributed by atoms with van der Waals surface area (Å²) in [5.41, 5.74) is 6.68. The quantitative estimate of drug-likeness (QED) is 0.0921. The first-order valence-corrected chi connectivity index (χ1v) is 17.0. The van der Waals surface area contributed by atoms with Crippen LogP contribution in [0.4, 0.5) is 4.79 Å². The number of benzene rings is 5. The fourth-order valence-electron chi connectivity index (χ4n) is 7.06. The minimum Gasteiger partial charge on any atom is -0.452 e. The van der Waals surface area contributed by atoms with E-state index in [1.165, 1.54) is 0 Å². The summed E-state index contributed by atoms with van der Waals surface area (Å²) in [5.74, 6) is -3.79. The molecular weight excluding hydrogens is 663 g/mol. The van der Waals surface area contributed by atoms with Gasteiger partial charge in [-0.25, -0.2) is 14.5 Å². The van der Waals surface area contributed by atoms with Crippen LogP contribution in [0.5, 0.6) is 0 Å². The van der Waals surface area contributed by atoms with Crippen LogP contribution >= 0.6 is 12.6 Å². The van der Waals surface area contributed by atoms with Crippen molar-refractivity contribution in [2.45, 2.75) is 17.1 Å². The van der Waals surface area contributed by atoms with Crippen LogP contribution in [0.3, 0.4) is 0 Å². The molecule has 0 saturated heterocycles. The highest BCUT2D eigenvalue weighted by atomic mass is 32.1. The van der Waals surface area contributed by atoms with Gasteiger partial charge in [-0.05, 0) is 22.3 Å². The molecule has 0 unspecified atom stereocenters. The lowest BCUT2D eigenvalue weighted by atomic mass is 9.76. The van der Waals surface area contributed by atoms with Crippen molar-refractivity contribution in [3.63, 3.8) is 0 Å². The molecule has 5 aromatic carbocycles. The Morgan fingerprint density at radius 3 is 1.55 bits per heavy atom. The van der Waals surface area contributed by atoms with Gasteiger partial charge in [-0.2, -0.15) is 12.6 Å². The van der Waals surface area contributed by atoms with Crippen LogP contribution in [-0.2, 0) is 29.5 Å². The van der Waals surface area contributed by atoms with Gasteiger partial charge in [0.2, 0.25) is 5.91 Å². The monoisotopic (exact) mass is 699 g/mol. The molecule has 10 heteroatoms. The van der Waals surface area contributed by atoms with E-state index in [9.17, 15) is 14.4 Å². The number of fused-ring (bicyclic) bond motifs is 3. The van der Waals surface area contributed by atoms with Gasteiger partial charge in [0.15, 0.2) is 11.1 Å². The van der Waals surface area contributed by atoms with Crippen molar-refractivity contribution in [3.8, 4) is 11.1 Å². The van der Waals surface area contributed by atoms with Crippen molar-refractivity contribution in [2.24, 2.45) is 5.73 Å². The third-order valence-corrected chi connectivity index (χ3v) is 9.80. The lowest BCUT2D eigenvalue weighted by Crippen LogP contribution is -2.66. The van der Waals surface area contributed by atoms with Crippen LogP contribution in [0.1, 0.15) is 33.7 Å². The molecule has 51 heavy (non-hydrogen) atoms. The van der Waals surface area contributed by atoms with Gasteiger partial charge in [-0.1, -0.05) is 140 Å². The first-order chi connectivity index (χ1) is 24.8. The average Bonchev–Trinajstić information content (AvgIpc) is 3.53. The van der Waals surface area contributed by atoms with Crippen molar-refractivity contribution < 1.29 is 28.7 Å². The van der Waals surface area contributed by atoms with E-state index in [2.05, 4.69) is 5.32 Å². The van der Waals surface area contributed by atoms with Gasteiger partial charge < -0.3 is 20.5 Å². The number of nitrogens with zero attached hydrogens (tertiary/aromatic N) is 1. The molecule has 1 aliphatic rings. The number of methoxy groups -OCH3 is 1. The Bertz CT molecular complexity index is 1900.